The molecular formula is C59H96FN5O18S. The maximum Gasteiger partial charge on any atom is 0.311 e. The summed E-state index contributed by atoms with van der Waals surface area (Å²) in [5.41, 5.74) is -1.38. The summed E-state index contributed by atoms with van der Waals surface area (Å²) in [5, 5.41) is 61.3. The number of halogens is 1. The summed E-state index contributed by atoms with van der Waals surface area (Å²) in [7, 11) is 4.77. The van der Waals surface area contributed by atoms with Gasteiger partial charge in [-0.1, -0.05) is 68.4 Å². The number of ether oxygens (including phenoxy) is 10. The van der Waals surface area contributed by atoms with Crippen LogP contribution in [-0.4, -0.2) is 225 Å². The van der Waals surface area contributed by atoms with Crippen molar-refractivity contribution in [3.63, 3.8) is 0 Å². The van der Waals surface area contributed by atoms with Crippen molar-refractivity contribution in [2.24, 2.45) is 28.8 Å². The predicted octanol–water partition coefficient (Wildman–Crippen LogP) is 4.78. The Morgan fingerprint density at radius 1 is 0.929 bits per heavy atom. The third-order valence-electron chi connectivity index (χ3n) is 17.9. The molecule has 478 valence electrons. The quantitative estimate of drug-likeness (QED) is 0.0504. The third kappa shape index (κ3) is 16.3. The van der Waals surface area contributed by atoms with Gasteiger partial charge in [0.2, 0.25) is 6.79 Å². The number of sulfone groups is 1. The average Bonchev–Trinajstić information content (AvgIpc) is 3.80. The Bertz CT molecular complexity index is 2580. The molecule has 0 aliphatic carbocycles. The van der Waals surface area contributed by atoms with Gasteiger partial charge in [0.15, 0.2) is 22.4 Å². The molecule has 0 radical (unpaired) electrons. The normalized spacial score (nSPS) is 37.6. The van der Waals surface area contributed by atoms with Crippen LogP contribution < -0.4 is 0 Å². The maximum absolute atomic E-state index is 15.0. The van der Waals surface area contributed by atoms with Gasteiger partial charge in [0.1, 0.15) is 42.7 Å². The van der Waals surface area contributed by atoms with E-state index in [0.29, 0.717) is 43.0 Å². The second kappa shape index (κ2) is 30.0. The first-order valence-corrected chi connectivity index (χ1v) is 31.1. The molecule has 0 amide bonds. The second-order valence-electron chi connectivity index (χ2n) is 24.1. The fraction of sp³-hybridized carbons (Fsp3) is 0.797. The Morgan fingerprint density at radius 2 is 1.62 bits per heavy atom. The van der Waals surface area contributed by atoms with Crippen LogP contribution in [0, 0.1) is 23.7 Å². The van der Waals surface area contributed by atoms with Crippen LogP contribution in [0.15, 0.2) is 41.7 Å². The number of esters is 1. The molecule has 23 nitrogen and oxygen atoms in total. The number of likely N-dealkylation sites (N-methyl/N-ethyl adjacent to an activating group) is 1. The number of benzene rings is 1. The third-order valence-corrected chi connectivity index (χ3v) is 19.3. The van der Waals surface area contributed by atoms with Crippen LogP contribution in [0.3, 0.4) is 0 Å². The summed E-state index contributed by atoms with van der Waals surface area (Å²) >= 11 is 0. The van der Waals surface area contributed by atoms with E-state index in [2.05, 4.69) is 15.5 Å². The van der Waals surface area contributed by atoms with Gasteiger partial charge in [0.25, 0.3) is 0 Å². The van der Waals surface area contributed by atoms with Gasteiger partial charge in [-0.25, -0.2) is 17.5 Å². The number of methoxy groups -OCH3 is 4. The molecule has 3 fully saturated rings. The van der Waals surface area contributed by atoms with Gasteiger partial charge < -0.3 is 77.5 Å². The Balaban J connectivity index is 1.31. The molecule has 4 N–H and O–H groups in total. The highest BCUT2D eigenvalue weighted by molar-refractivity contribution is 7.92. The van der Waals surface area contributed by atoms with Crippen LogP contribution >= 0.6 is 0 Å². The van der Waals surface area contributed by atoms with Crippen LogP contribution in [0.4, 0.5) is 4.39 Å². The number of carbonyl (C=O) groups excluding carboxylic acids is 1. The molecule has 20 atom stereocenters. The number of aromatic nitrogens is 3. The highest BCUT2D eigenvalue weighted by Gasteiger charge is 2.54. The summed E-state index contributed by atoms with van der Waals surface area (Å²) in [6.07, 6.45) is -6.99. The van der Waals surface area contributed by atoms with E-state index in [4.69, 9.17) is 52.2 Å². The first kappa shape index (κ1) is 69.5. The number of alkyl halides is 1. The van der Waals surface area contributed by atoms with Crippen molar-refractivity contribution >= 4 is 27.1 Å². The van der Waals surface area contributed by atoms with Gasteiger partial charge in [0.05, 0.1) is 83.8 Å². The van der Waals surface area contributed by atoms with E-state index in [1.165, 1.54) is 32.9 Å². The number of hydrogen-bond donors (Lipinski definition) is 4. The van der Waals surface area contributed by atoms with Gasteiger partial charge >= 0.3 is 5.97 Å². The first-order valence-electron chi connectivity index (χ1n) is 29.3. The van der Waals surface area contributed by atoms with Gasteiger partial charge in [-0.05, 0) is 84.6 Å². The summed E-state index contributed by atoms with van der Waals surface area (Å²) in [5.74, 6) is -4.17. The average molecular weight is 1210 g/mol. The number of carbonyl (C=O) groups is 1. The van der Waals surface area contributed by atoms with Crippen LogP contribution in [0.5, 0.6) is 0 Å². The molecule has 0 spiro atoms. The Morgan fingerprint density at radius 3 is 2.23 bits per heavy atom. The molecule has 1 aromatic carbocycles. The number of aliphatic hydroxyl groups excluding tert-OH is 3. The lowest BCUT2D eigenvalue weighted by molar-refractivity contribution is -0.319. The second-order valence-corrected chi connectivity index (χ2v) is 26.2. The summed E-state index contributed by atoms with van der Waals surface area (Å²) in [6.45, 7) is 17.3. The van der Waals surface area contributed by atoms with Crippen molar-refractivity contribution in [2.45, 2.75) is 198 Å². The molecule has 1 aromatic heterocycles. The van der Waals surface area contributed by atoms with Crippen molar-refractivity contribution < 1.29 is 90.2 Å². The zero-order valence-corrected chi connectivity index (χ0v) is 52.6. The molecule has 0 unspecified atom stereocenters. The Hall–Kier alpha value is -3.64. The predicted molar refractivity (Wildman–Crippen MR) is 308 cm³/mol. The van der Waals surface area contributed by atoms with E-state index in [9.17, 15) is 33.6 Å². The van der Waals surface area contributed by atoms with Crippen molar-refractivity contribution in [2.75, 3.05) is 80.2 Å². The first-order chi connectivity index (χ1) is 39.6. The van der Waals surface area contributed by atoms with E-state index in [1.807, 2.05) is 51.8 Å². The number of nitrogens with zero attached hydrogens (tertiary/aromatic N) is 5. The molecule has 25 heteroatoms. The van der Waals surface area contributed by atoms with Crippen LogP contribution in [0.1, 0.15) is 124 Å². The zero-order chi connectivity index (χ0) is 62.1. The van der Waals surface area contributed by atoms with Crippen molar-refractivity contribution in [3.8, 4) is 0 Å². The summed E-state index contributed by atoms with van der Waals surface area (Å²) < 4.78 is 103. The number of rotatable bonds is 23. The highest BCUT2D eigenvalue weighted by Crippen LogP contribution is 2.43. The fourth-order valence-corrected chi connectivity index (χ4v) is 13.9. The van der Waals surface area contributed by atoms with E-state index >= 15 is 4.39 Å². The van der Waals surface area contributed by atoms with Crippen molar-refractivity contribution in [1.82, 2.24) is 19.9 Å². The van der Waals surface area contributed by atoms with Crippen molar-refractivity contribution in [1.29, 1.82) is 0 Å². The Labute approximate surface area is 495 Å². The standard InChI is InChI=1S/C59H96FN5O18S/c1-16-46-59(10,70)52(67)36(4)48(62-78-33-77-25-24-73-12)34(2)28-58(9,76-15)54(37(5)50(38(6)55(69)81-46)82-47-29-57(8,75-14)53(68)39(7)80-47)83-56-49(66)44(27-35(3)79-56)64(11)23-21-43-31-65(63-61-43)45(30-60)51(74-13)41-19-17-40(18-20-41)42-22-26-84(71,72)32-42/h17-20,22,31,34-39,44-47,49-54,56,66-68,70H,16,21,23-30,32-33H2,1-15H3/b62-48+/t34-,35-,36+,37+,38-,39+,44+,45-,46-,47+,49-,50+,51-,52-,53+,54-,56+,57-,58-,59-/m1/s1. The fourth-order valence-electron chi connectivity index (χ4n) is 12.6. The highest BCUT2D eigenvalue weighted by atomic mass is 32.2. The minimum atomic E-state index is -3.16. The number of cyclic esters (lactones) is 1. The zero-order valence-electron chi connectivity index (χ0n) is 51.8. The maximum atomic E-state index is 15.0. The SMILES string of the molecule is CC[C@H]1OC(=O)[C@H](C)[C@@H](O[C@H]2C[C@@](C)(OC)[C@@H](O)[C@H](C)O2)[C@H](C)[C@@H](O[C@@H]2O[C@H](C)C[C@H](N(C)CCc3cn([C@H](CF)[C@H](OC)c4ccc(C5=CCS(=O)(=O)C5)cc4)nn3)[C@H]2O)[C@](C)(OC)C[C@@H](C)/C(=N\OCOCCOC)[C@H](C)[C@@H](O)[C@]1(C)O. The van der Waals surface area contributed by atoms with Crippen LogP contribution in [-0.2, 0) is 73.3 Å². The summed E-state index contributed by atoms with van der Waals surface area (Å²) in [6, 6.07) is 5.82. The molecular weight excluding hydrogens is 1120 g/mol. The van der Waals surface area contributed by atoms with Gasteiger partial charge in [0, 0.05) is 77.8 Å². The van der Waals surface area contributed by atoms with E-state index in [-0.39, 0.29) is 44.2 Å². The number of oxime groups is 1. The van der Waals surface area contributed by atoms with Crippen molar-refractivity contribution in [3.05, 3.63) is 53.4 Å². The largest absolute Gasteiger partial charge is 0.459 e. The lowest BCUT2D eigenvalue weighted by Gasteiger charge is -2.50. The van der Waals surface area contributed by atoms with Crippen LogP contribution in [0.2, 0.25) is 0 Å². The molecule has 4 aliphatic heterocycles. The molecule has 2 aromatic rings. The lowest BCUT2D eigenvalue weighted by atomic mass is 9.73. The van der Waals surface area contributed by atoms with Crippen LogP contribution in [0.25, 0.3) is 5.57 Å². The van der Waals surface area contributed by atoms with E-state index < -0.39 is 143 Å². The molecule has 0 saturated carbocycles. The number of hydrogen-bond acceptors (Lipinski definition) is 22. The molecule has 6 rings (SSSR count). The van der Waals surface area contributed by atoms with Gasteiger partial charge in [-0.15, -0.1) is 5.10 Å². The topological polar surface area (TPSA) is 280 Å². The molecule has 4 aliphatic rings. The van der Waals surface area contributed by atoms with Gasteiger partial charge in [-0.3, -0.25) is 4.79 Å². The van der Waals surface area contributed by atoms with Gasteiger partial charge in [-0.2, -0.15) is 0 Å². The lowest BCUT2D eigenvalue weighted by Crippen LogP contribution is -2.61. The minimum absolute atomic E-state index is 0.000394. The minimum Gasteiger partial charge on any atom is -0.459 e. The number of aliphatic hydroxyl groups is 4. The molecule has 3 saturated heterocycles. The van der Waals surface area contributed by atoms with E-state index in [1.54, 1.807) is 66.1 Å². The van der Waals surface area contributed by atoms with E-state index in [0.717, 1.165) is 11.1 Å². The summed E-state index contributed by atoms with van der Waals surface area (Å²) in [4.78, 5) is 22.5. The molecule has 84 heavy (non-hydrogen) atoms. The molecule has 0 bridgehead atoms. The molecule has 5 heterocycles. The monoisotopic (exact) mass is 1210 g/mol. The smallest absolute Gasteiger partial charge is 0.311 e. The Kier molecular flexibility index (Phi) is 24.8.